The molecule has 11 nitrogen and oxygen atoms in total. The lowest BCUT2D eigenvalue weighted by Crippen LogP contribution is -2.44. The van der Waals surface area contributed by atoms with Crippen LogP contribution in [0.15, 0.2) is 41.8 Å². The largest absolute Gasteiger partial charge is 0.410 e. The van der Waals surface area contributed by atoms with Crippen molar-refractivity contribution in [3.8, 4) is 0 Å². The van der Waals surface area contributed by atoms with Gasteiger partial charge in [0.1, 0.15) is 23.6 Å². The van der Waals surface area contributed by atoms with Crippen molar-refractivity contribution in [2.75, 3.05) is 38.0 Å². The molecule has 2 aliphatic heterocycles. The summed E-state index contributed by atoms with van der Waals surface area (Å²) in [5.74, 6) is -0.118. The molecule has 2 aliphatic rings. The molecule has 4 N–H and O–H groups in total. The number of aliphatic hydroxyl groups excluding tert-OH is 1. The van der Waals surface area contributed by atoms with E-state index in [0.717, 1.165) is 19.5 Å². The first-order chi connectivity index (χ1) is 17.4. The van der Waals surface area contributed by atoms with E-state index in [1.54, 1.807) is 11.0 Å². The molecule has 3 heterocycles. The number of amides is 2. The Labute approximate surface area is 210 Å². The predicted molar refractivity (Wildman–Crippen MR) is 134 cm³/mol. The number of β-amino-alcohol motifs (C(OH)–C–C–N with tert-alkyl or cyclic N) is 1. The van der Waals surface area contributed by atoms with E-state index in [0.29, 0.717) is 38.3 Å². The van der Waals surface area contributed by atoms with Gasteiger partial charge >= 0.3 is 0 Å². The van der Waals surface area contributed by atoms with Crippen LogP contribution in [0.4, 0.5) is 5.82 Å². The number of anilines is 1. The average Bonchev–Trinajstić information content (AvgIpc) is 2.91. The zero-order valence-electron chi connectivity index (χ0n) is 20.4. The van der Waals surface area contributed by atoms with E-state index in [4.69, 9.17) is 5.21 Å². The van der Waals surface area contributed by atoms with Crippen molar-refractivity contribution in [1.82, 2.24) is 25.1 Å². The molecule has 1 aromatic carbocycles. The molecule has 0 saturated carbocycles. The summed E-state index contributed by atoms with van der Waals surface area (Å²) >= 11 is 0. The molecular formula is C25H33N7O4. The second-order valence-corrected chi connectivity index (χ2v) is 9.30. The lowest BCUT2D eigenvalue weighted by molar-refractivity contribution is -0.125. The quantitative estimate of drug-likeness (QED) is 0.240. The van der Waals surface area contributed by atoms with Crippen LogP contribution in [-0.4, -0.2) is 92.5 Å². The van der Waals surface area contributed by atoms with E-state index in [1.807, 2.05) is 6.07 Å². The van der Waals surface area contributed by atoms with Crippen molar-refractivity contribution in [1.29, 1.82) is 0 Å². The SMILES string of the molecule is C/C(=N/O)C(=O)N1CCC(Nc2cc(C(=O)NCC(O)CN3CCc4ccccc4C3)ncn2)CC1. The molecule has 4 rings (SSSR count). The fraction of sp³-hybridized carbons (Fsp3) is 0.480. The first kappa shape index (κ1) is 25.5. The molecule has 0 radical (unpaired) electrons. The van der Waals surface area contributed by atoms with Gasteiger partial charge < -0.3 is 25.8 Å². The third kappa shape index (κ3) is 6.55. The van der Waals surface area contributed by atoms with E-state index in [9.17, 15) is 14.7 Å². The topological polar surface area (TPSA) is 143 Å². The molecule has 0 bridgehead atoms. The maximum Gasteiger partial charge on any atom is 0.271 e. The van der Waals surface area contributed by atoms with Crippen LogP contribution in [0, 0.1) is 0 Å². The fourth-order valence-electron chi connectivity index (χ4n) is 4.64. The molecule has 1 atom stereocenters. The molecule has 1 saturated heterocycles. The number of nitrogens with one attached hydrogen (secondary N) is 2. The first-order valence-corrected chi connectivity index (χ1v) is 12.2. The van der Waals surface area contributed by atoms with Crippen molar-refractivity contribution >= 4 is 23.3 Å². The normalized spacial score (nSPS) is 17.8. The summed E-state index contributed by atoms with van der Waals surface area (Å²) in [6.45, 7) is 4.83. The van der Waals surface area contributed by atoms with Gasteiger partial charge in [-0.3, -0.25) is 14.5 Å². The van der Waals surface area contributed by atoms with Crippen LogP contribution in [0.3, 0.4) is 0 Å². The zero-order chi connectivity index (χ0) is 25.5. The van der Waals surface area contributed by atoms with Gasteiger partial charge in [-0.2, -0.15) is 0 Å². The average molecular weight is 496 g/mol. The van der Waals surface area contributed by atoms with Crippen LogP contribution in [0.25, 0.3) is 0 Å². The van der Waals surface area contributed by atoms with Crippen molar-refractivity contribution in [3.05, 3.63) is 53.5 Å². The Morgan fingerprint density at radius 2 is 1.92 bits per heavy atom. The number of likely N-dealkylation sites (tertiary alicyclic amines) is 1. The summed E-state index contributed by atoms with van der Waals surface area (Å²) in [7, 11) is 0. The van der Waals surface area contributed by atoms with Crippen LogP contribution in [0.2, 0.25) is 0 Å². The summed E-state index contributed by atoms with van der Waals surface area (Å²) in [6, 6.07) is 10.0. The van der Waals surface area contributed by atoms with Gasteiger partial charge in [-0.25, -0.2) is 9.97 Å². The van der Waals surface area contributed by atoms with Crippen LogP contribution >= 0.6 is 0 Å². The smallest absolute Gasteiger partial charge is 0.271 e. The molecule has 1 fully saturated rings. The van der Waals surface area contributed by atoms with E-state index < -0.39 is 6.10 Å². The Morgan fingerprint density at radius 1 is 1.17 bits per heavy atom. The number of fused-ring (bicyclic) bond motifs is 1. The number of piperidine rings is 1. The Hall–Kier alpha value is -3.57. The standard InChI is InChI=1S/C25H33N7O4/c1-17(30-36)25(35)32-10-7-20(8-11-32)29-23-12-22(27-16-28-23)24(34)26-13-21(33)15-31-9-6-18-4-2-3-5-19(18)14-31/h2-5,12,16,20-21,33,36H,6-11,13-15H2,1H3,(H,26,34)(H,27,28,29)/b30-17-. The number of hydrogen-bond acceptors (Lipinski definition) is 9. The van der Waals surface area contributed by atoms with Gasteiger partial charge in [-0.05, 0) is 37.3 Å². The van der Waals surface area contributed by atoms with E-state index in [-0.39, 0.29) is 35.8 Å². The lowest BCUT2D eigenvalue weighted by atomic mass is 10.00. The molecule has 36 heavy (non-hydrogen) atoms. The van der Waals surface area contributed by atoms with Gasteiger partial charge in [0.2, 0.25) is 0 Å². The summed E-state index contributed by atoms with van der Waals surface area (Å²) in [4.78, 5) is 36.9. The fourth-order valence-corrected chi connectivity index (χ4v) is 4.64. The maximum absolute atomic E-state index is 12.6. The molecular weight excluding hydrogens is 462 g/mol. The second-order valence-electron chi connectivity index (χ2n) is 9.30. The molecule has 11 heteroatoms. The lowest BCUT2D eigenvalue weighted by Gasteiger charge is -2.32. The number of nitrogens with zero attached hydrogens (tertiary/aromatic N) is 5. The summed E-state index contributed by atoms with van der Waals surface area (Å²) in [6.07, 6.45) is 2.99. The van der Waals surface area contributed by atoms with Crippen molar-refractivity contribution in [3.63, 3.8) is 0 Å². The third-order valence-corrected chi connectivity index (χ3v) is 6.67. The van der Waals surface area contributed by atoms with Crippen LogP contribution in [0.5, 0.6) is 0 Å². The van der Waals surface area contributed by atoms with E-state index in [2.05, 4.69) is 48.9 Å². The molecule has 192 valence electrons. The number of benzene rings is 1. The minimum atomic E-state index is -0.689. The number of aliphatic hydroxyl groups is 1. The number of oxime groups is 1. The van der Waals surface area contributed by atoms with Gasteiger partial charge in [-0.15, -0.1) is 0 Å². The second kappa shape index (κ2) is 11.9. The van der Waals surface area contributed by atoms with Gasteiger partial charge in [0.05, 0.1) is 6.10 Å². The highest BCUT2D eigenvalue weighted by Gasteiger charge is 2.25. The van der Waals surface area contributed by atoms with Crippen molar-refractivity contribution in [2.45, 2.75) is 44.9 Å². The Kier molecular flexibility index (Phi) is 8.44. The monoisotopic (exact) mass is 495 g/mol. The van der Waals surface area contributed by atoms with E-state index >= 15 is 0 Å². The summed E-state index contributed by atoms with van der Waals surface area (Å²) in [5.41, 5.74) is 2.93. The Morgan fingerprint density at radius 3 is 2.67 bits per heavy atom. The van der Waals surface area contributed by atoms with Crippen molar-refractivity contribution in [2.24, 2.45) is 5.16 Å². The summed E-state index contributed by atoms with van der Waals surface area (Å²) in [5, 5.41) is 28.3. The van der Waals surface area contributed by atoms with Crippen molar-refractivity contribution < 1.29 is 19.9 Å². The minimum Gasteiger partial charge on any atom is -0.410 e. The zero-order valence-corrected chi connectivity index (χ0v) is 20.4. The minimum absolute atomic E-state index is 0.0687. The molecule has 1 aromatic heterocycles. The van der Waals surface area contributed by atoms with E-state index in [1.165, 1.54) is 24.4 Å². The van der Waals surface area contributed by atoms with Gasteiger partial charge in [0.25, 0.3) is 11.8 Å². The van der Waals surface area contributed by atoms with Crippen LogP contribution < -0.4 is 10.6 Å². The maximum atomic E-state index is 12.6. The number of aromatic nitrogens is 2. The Bertz CT molecular complexity index is 1100. The molecule has 0 spiro atoms. The summed E-state index contributed by atoms with van der Waals surface area (Å²) < 4.78 is 0. The predicted octanol–water partition coefficient (Wildman–Crippen LogP) is 0.879. The number of hydrogen-bond donors (Lipinski definition) is 4. The van der Waals surface area contributed by atoms with Gasteiger partial charge in [0, 0.05) is 51.4 Å². The van der Waals surface area contributed by atoms with Crippen LogP contribution in [0.1, 0.15) is 41.4 Å². The highest BCUT2D eigenvalue weighted by atomic mass is 16.4. The number of rotatable bonds is 8. The van der Waals surface area contributed by atoms with Crippen LogP contribution in [-0.2, 0) is 17.8 Å². The number of carbonyl (C=O) groups excluding carboxylic acids is 2. The third-order valence-electron chi connectivity index (χ3n) is 6.67. The highest BCUT2D eigenvalue weighted by molar-refractivity contribution is 6.37. The molecule has 2 aromatic rings. The number of carbonyl (C=O) groups is 2. The molecule has 1 unspecified atom stereocenters. The molecule has 0 aliphatic carbocycles. The van der Waals surface area contributed by atoms with Gasteiger partial charge in [0.15, 0.2) is 0 Å². The van der Waals surface area contributed by atoms with Gasteiger partial charge in [-0.1, -0.05) is 29.4 Å². The highest BCUT2D eigenvalue weighted by Crippen LogP contribution is 2.19. The molecule has 2 amide bonds. The Balaban J connectivity index is 1.22. The first-order valence-electron chi connectivity index (χ1n) is 12.2.